The van der Waals surface area contributed by atoms with E-state index >= 15 is 0 Å². The van der Waals surface area contributed by atoms with Crippen LogP contribution in [0.5, 0.6) is 0 Å². The van der Waals surface area contributed by atoms with E-state index in [4.69, 9.17) is 0 Å². The molecule has 17 heavy (non-hydrogen) atoms. The standard InChI is InChI=1S/C13H26O3S/c1-4-17(15,16)11-7-10-13(14)9-6-5-8-12(13,2)3/h14H,4-11H2,1-3H3. The molecule has 0 heterocycles. The maximum atomic E-state index is 11.4. The first-order valence-corrected chi connectivity index (χ1v) is 8.47. The van der Waals surface area contributed by atoms with Crippen LogP contribution in [-0.2, 0) is 9.84 Å². The highest BCUT2D eigenvalue weighted by Gasteiger charge is 2.44. The summed E-state index contributed by atoms with van der Waals surface area (Å²) in [4.78, 5) is 0. The monoisotopic (exact) mass is 262 g/mol. The van der Waals surface area contributed by atoms with Crippen molar-refractivity contribution in [3.63, 3.8) is 0 Å². The molecule has 1 aliphatic rings. The minimum Gasteiger partial charge on any atom is -0.389 e. The van der Waals surface area contributed by atoms with Gasteiger partial charge in [0.1, 0.15) is 9.84 Å². The van der Waals surface area contributed by atoms with Crippen LogP contribution in [0.15, 0.2) is 0 Å². The van der Waals surface area contributed by atoms with Gasteiger partial charge < -0.3 is 5.11 Å². The predicted molar refractivity (Wildman–Crippen MR) is 70.8 cm³/mol. The van der Waals surface area contributed by atoms with E-state index in [1.807, 2.05) is 0 Å². The molecule has 3 nitrogen and oxygen atoms in total. The van der Waals surface area contributed by atoms with Crippen molar-refractivity contribution in [2.75, 3.05) is 11.5 Å². The molecule has 1 aliphatic carbocycles. The Bertz CT molecular complexity index is 346. The fourth-order valence-electron chi connectivity index (χ4n) is 2.75. The SMILES string of the molecule is CCS(=O)(=O)CCCC1(O)CCCCC1(C)C. The molecule has 102 valence electrons. The number of sulfone groups is 1. The number of hydrogen-bond acceptors (Lipinski definition) is 3. The summed E-state index contributed by atoms with van der Waals surface area (Å²) in [5.41, 5.74) is -0.754. The molecule has 1 saturated carbocycles. The van der Waals surface area contributed by atoms with Crippen molar-refractivity contribution in [3.8, 4) is 0 Å². The zero-order chi connectivity index (χ0) is 13.2. The average Bonchev–Trinajstić information content (AvgIpc) is 2.23. The minimum absolute atomic E-state index is 0.0821. The zero-order valence-electron chi connectivity index (χ0n) is 11.3. The lowest BCUT2D eigenvalue weighted by Crippen LogP contribution is -2.47. The summed E-state index contributed by atoms with van der Waals surface area (Å²) >= 11 is 0. The Kier molecular flexibility index (Phi) is 4.64. The summed E-state index contributed by atoms with van der Waals surface area (Å²) in [6.07, 6.45) is 5.26. The second-order valence-corrected chi connectivity index (χ2v) is 8.44. The lowest BCUT2D eigenvalue weighted by atomic mass is 9.64. The normalized spacial score (nSPS) is 29.2. The molecular formula is C13H26O3S. The molecule has 0 aliphatic heterocycles. The second kappa shape index (κ2) is 5.27. The zero-order valence-corrected chi connectivity index (χ0v) is 12.1. The van der Waals surface area contributed by atoms with Crippen molar-refractivity contribution < 1.29 is 13.5 Å². The van der Waals surface area contributed by atoms with Gasteiger partial charge in [0.2, 0.25) is 0 Å². The molecule has 1 atom stereocenters. The Morgan fingerprint density at radius 3 is 2.29 bits per heavy atom. The number of rotatable bonds is 5. The van der Waals surface area contributed by atoms with Crippen LogP contribution in [-0.4, -0.2) is 30.6 Å². The van der Waals surface area contributed by atoms with Crippen LogP contribution in [0.3, 0.4) is 0 Å². The van der Waals surface area contributed by atoms with Crippen LogP contribution in [0.1, 0.15) is 59.3 Å². The molecule has 0 radical (unpaired) electrons. The van der Waals surface area contributed by atoms with Crippen molar-refractivity contribution in [3.05, 3.63) is 0 Å². The molecule has 0 amide bonds. The Labute approximate surface area is 106 Å². The minimum atomic E-state index is -2.90. The van der Waals surface area contributed by atoms with Crippen molar-refractivity contribution >= 4 is 9.84 Å². The van der Waals surface area contributed by atoms with Gasteiger partial charge in [-0.25, -0.2) is 8.42 Å². The molecular weight excluding hydrogens is 236 g/mol. The lowest BCUT2D eigenvalue weighted by molar-refractivity contribution is -0.102. The van der Waals surface area contributed by atoms with Crippen molar-refractivity contribution in [2.45, 2.75) is 64.9 Å². The summed E-state index contributed by atoms with van der Waals surface area (Å²) in [5.74, 6) is 0.413. The van der Waals surface area contributed by atoms with Gasteiger partial charge in [-0.1, -0.05) is 33.6 Å². The van der Waals surface area contributed by atoms with Crippen LogP contribution in [0.4, 0.5) is 0 Å². The fraction of sp³-hybridized carbons (Fsp3) is 1.00. The molecule has 0 saturated heterocycles. The summed E-state index contributed by atoms with van der Waals surface area (Å²) in [5, 5.41) is 10.7. The maximum Gasteiger partial charge on any atom is 0.150 e. The molecule has 1 fully saturated rings. The van der Waals surface area contributed by atoms with Crippen molar-refractivity contribution in [1.82, 2.24) is 0 Å². The number of hydrogen-bond donors (Lipinski definition) is 1. The van der Waals surface area contributed by atoms with E-state index in [0.717, 1.165) is 19.3 Å². The molecule has 4 heteroatoms. The summed E-state index contributed by atoms with van der Waals surface area (Å²) < 4.78 is 22.9. The molecule has 0 bridgehead atoms. The average molecular weight is 262 g/mol. The smallest absolute Gasteiger partial charge is 0.150 e. The van der Waals surface area contributed by atoms with E-state index in [0.29, 0.717) is 12.8 Å². The van der Waals surface area contributed by atoms with Gasteiger partial charge in [-0.3, -0.25) is 0 Å². The highest BCUT2D eigenvalue weighted by Crippen LogP contribution is 2.46. The van der Waals surface area contributed by atoms with E-state index < -0.39 is 15.4 Å². The second-order valence-electron chi connectivity index (χ2n) is 5.96. The van der Waals surface area contributed by atoms with Gasteiger partial charge in [0.05, 0.1) is 11.4 Å². The number of aliphatic hydroxyl groups is 1. The highest BCUT2D eigenvalue weighted by atomic mass is 32.2. The van der Waals surface area contributed by atoms with Crippen LogP contribution in [0, 0.1) is 5.41 Å². The largest absolute Gasteiger partial charge is 0.389 e. The van der Waals surface area contributed by atoms with Gasteiger partial charge >= 0.3 is 0 Å². The third kappa shape index (κ3) is 3.68. The highest BCUT2D eigenvalue weighted by molar-refractivity contribution is 7.91. The van der Waals surface area contributed by atoms with Crippen molar-refractivity contribution in [1.29, 1.82) is 0 Å². The summed E-state index contributed by atoms with van der Waals surface area (Å²) in [7, 11) is -2.90. The van der Waals surface area contributed by atoms with Gasteiger partial charge in [0, 0.05) is 5.75 Å². The summed E-state index contributed by atoms with van der Waals surface area (Å²) in [6, 6.07) is 0. The predicted octanol–water partition coefficient (Wildman–Crippen LogP) is 2.53. The third-order valence-corrected chi connectivity index (χ3v) is 6.18. The topological polar surface area (TPSA) is 54.4 Å². The molecule has 0 aromatic carbocycles. The van der Waals surface area contributed by atoms with E-state index in [1.54, 1.807) is 6.92 Å². The van der Waals surface area contributed by atoms with Crippen LogP contribution in [0.25, 0.3) is 0 Å². The quantitative estimate of drug-likeness (QED) is 0.828. The van der Waals surface area contributed by atoms with E-state index in [-0.39, 0.29) is 16.9 Å². The van der Waals surface area contributed by atoms with Gasteiger partial charge in [-0.05, 0) is 31.1 Å². The Morgan fingerprint density at radius 1 is 1.18 bits per heavy atom. The molecule has 1 rings (SSSR count). The van der Waals surface area contributed by atoms with E-state index in [9.17, 15) is 13.5 Å². The first-order valence-electron chi connectivity index (χ1n) is 6.65. The van der Waals surface area contributed by atoms with Crippen LogP contribution in [0.2, 0.25) is 0 Å². The van der Waals surface area contributed by atoms with E-state index in [2.05, 4.69) is 13.8 Å². The van der Waals surface area contributed by atoms with Crippen LogP contribution < -0.4 is 0 Å². The lowest BCUT2D eigenvalue weighted by Gasteiger charge is -2.46. The fourth-order valence-corrected chi connectivity index (χ4v) is 3.62. The van der Waals surface area contributed by atoms with Crippen molar-refractivity contribution in [2.24, 2.45) is 5.41 Å². The Hall–Kier alpha value is -0.0900. The maximum absolute atomic E-state index is 11.4. The van der Waals surface area contributed by atoms with Gasteiger partial charge in [-0.2, -0.15) is 0 Å². The molecule has 1 N–H and O–H groups in total. The molecule has 1 unspecified atom stereocenters. The first-order chi connectivity index (χ1) is 7.72. The first kappa shape index (κ1) is 15.0. The Morgan fingerprint density at radius 2 is 1.76 bits per heavy atom. The molecule has 0 spiro atoms. The molecule has 0 aromatic heterocycles. The van der Waals surface area contributed by atoms with E-state index in [1.165, 1.54) is 6.42 Å². The van der Waals surface area contributed by atoms with Gasteiger partial charge in [0.25, 0.3) is 0 Å². The van der Waals surface area contributed by atoms with Crippen LogP contribution >= 0.6 is 0 Å². The third-order valence-electron chi connectivity index (χ3n) is 4.39. The molecule has 0 aromatic rings. The van der Waals surface area contributed by atoms with Gasteiger partial charge in [-0.15, -0.1) is 0 Å². The summed E-state index contributed by atoms with van der Waals surface area (Å²) in [6.45, 7) is 5.87. The van der Waals surface area contributed by atoms with Gasteiger partial charge in [0.15, 0.2) is 0 Å². The Balaban J connectivity index is 2.55.